The van der Waals surface area contributed by atoms with Crippen LogP contribution in [0.5, 0.6) is 11.5 Å². The van der Waals surface area contributed by atoms with Gasteiger partial charge in [0.2, 0.25) is 0 Å². The van der Waals surface area contributed by atoms with Crippen molar-refractivity contribution in [3.8, 4) is 11.5 Å². The zero-order valence-corrected chi connectivity index (χ0v) is 11.9. The number of nitrogens with two attached hydrogens (primary N) is 1. The Bertz CT molecular complexity index is 607. The Balaban J connectivity index is 0.00000220. The van der Waals surface area contributed by atoms with E-state index in [1.54, 1.807) is 42.5 Å². The van der Waals surface area contributed by atoms with Crippen molar-refractivity contribution in [1.82, 2.24) is 0 Å². The van der Waals surface area contributed by atoms with E-state index in [4.69, 9.17) is 15.2 Å². The fraction of sp³-hybridized carbons (Fsp3) is 0.143. The molecule has 21 heavy (non-hydrogen) atoms. The van der Waals surface area contributed by atoms with Gasteiger partial charge in [0.1, 0.15) is 19.0 Å². The summed E-state index contributed by atoms with van der Waals surface area (Å²) in [6.45, 7) is 0.481. The van der Waals surface area contributed by atoms with Crippen molar-refractivity contribution in [1.29, 1.82) is 0 Å². The van der Waals surface area contributed by atoms with Gasteiger partial charge in [0, 0.05) is 17.8 Å². The number of nitro benzene ring substituents is 1. The lowest BCUT2D eigenvalue weighted by atomic mass is 10.3. The Labute approximate surface area is 128 Å². The molecule has 0 heterocycles. The van der Waals surface area contributed by atoms with E-state index in [-0.39, 0.29) is 37.1 Å². The number of hydrogen-bond donors (Lipinski definition) is 1. The SMILES string of the molecule is Cl.Nc1cccc(OCCOc2ccccc2[N+](=O)[O-])c1. The monoisotopic (exact) mass is 310 g/mol. The number of nitrogen functional groups attached to an aromatic ring is 1. The minimum atomic E-state index is -0.478. The molecule has 0 spiro atoms. The highest BCUT2D eigenvalue weighted by atomic mass is 35.5. The highest BCUT2D eigenvalue weighted by Crippen LogP contribution is 2.25. The first-order valence-corrected chi connectivity index (χ1v) is 6.01. The first-order valence-electron chi connectivity index (χ1n) is 6.01. The minimum absolute atomic E-state index is 0. The first-order chi connectivity index (χ1) is 9.66. The van der Waals surface area contributed by atoms with Crippen molar-refractivity contribution in [3.05, 3.63) is 58.6 Å². The molecule has 2 aromatic carbocycles. The largest absolute Gasteiger partial charge is 0.490 e. The second-order valence-corrected chi connectivity index (χ2v) is 3.99. The van der Waals surface area contributed by atoms with Gasteiger partial charge in [-0.15, -0.1) is 12.4 Å². The average Bonchev–Trinajstić information content (AvgIpc) is 2.44. The molecule has 7 heteroatoms. The van der Waals surface area contributed by atoms with Crippen molar-refractivity contribution in [2.24, 2.45) is 0 Å². The zero-order chi connectivity index (χ0) is 14.4. The van der Waals surface area contributed by atoms with Gasteiger partial charge in [0.05, 0.1) is 4.92 Å². The summed E-state index contributed by atoms with van der Waals surface area (Å²) in [5.41, 5.74) is 6.18. The van der Waals surface area contributed by atoms with Crippen LogP contribution in [0.25, 0.3) is 0 Å². The maximum Gasteiger partial charge on any atom is 0.310 e. The van der Waals surface area contributed by atoms with Gasteiger partial charge < -0.3 is 15.2 Å². The van der Waals surface area contributed by atoms with Gasteiger partial charge in [-0.1, -0.05) is 18.2 Å². The van der Waals surface area contributed by atoms with E-state index in [1.165, 1.54) is 6.07 Å². The number of rotatable bonds is 6. The molecule has 0 saturated heterocycles. The molecule has 0 fully saturated rings. The summed E-state index contributed by atoms with van der Waals surface area (Å²) in [5.74, 6) is 0.866. The summed E-state index contributed by atoms with van der Waals surface area (Å²) < 4.78 is 10.8. The number of nitrogens with zero attached hydrogens (tertiary/aromatic N) is 1. The number of benzene rings is 2. The number of halogens is 1. The molecule has 0 unspecified atom stereocenters. The van der Waals surface area contributed by atoms with Crippen molar-refractivity contribution in [2.45, 2.75) is 0 Å². The standard InChI is InChI=1S/C14H14N2O4.ClH/c15-11-4-3-5-12(10-11)19-8-9-20-14-7-2-1-6-13(14)16(17)18;/h1-7,10H,8-9,15H2;1H. The van der Waals surface area contributed by atoms with E-state index in [1.807, 2.05) is 0 Å². The van der Waals surface area contributed by atoms with Crippen LogP contribution in [0.2, 0.25) is 0 Å². The van der Waals surface area contributed by atoms with Gasteiger partial charge in [0.15, 0.2) is 5.75 Å². The van der Waals surface area contributed by atoms with Gasteiger partial charge in [-0.05, 0) is 18.2 Å². The fourth-order valence-electron chi connectivity index (χ4n) is 1.65. The van der Waals surface area contributed by atoms with Crippen molar-refractivity contribution in [3.63, 3.8) is 0 Å². The Kier molecular flexibility index (Phi) is 6.29. The van der Waals surface area contributed by atoms with Gasteiger partial charge in [-0.25, -0.2) is 0 Å². The number of hydrogen-bond acceptors (Lipinski definition) is 5. The lowest BCUT2D eigenvalue weighted by Gasteiger charge is -2.08. The van der Waals surface area contributed by atoms with Gasteiger partial charge in [0.25, 0.3) is 0 Å². The van der Waals surface area contributed by atoms with E-state index >= 15 is 0 Å². The number of anilines is 1. The Morgan fingerprint density at radius 1 is 1.05 bits per heavy atom. The quantitative estimate of drug-likeness (QED) is 0.383. The molecule has 2 aromatic rings. The zero-order valence-electron chi connectivity index (χ0n) is 11.1. The molecule has 0 saturated carbocycles. The molecule has 0 aliphatic heterocycles. The highest BCUT2D eigenvalue weighted by Gasteiger charge is 2.13. The Hall–Kier alpha value is -2.47. The second-order valence-electron chi connectivity index (χ2n) is 3.99. The normalized spacial score (nSPS) is 9.52. The van der Waals surface area contributed by atoms with Crippen molar-refractivity contribution >= 4 is 23.8 Å². The van der Waals surface area contributed by atoms with E-state index in [0.717, 1.165) is 0 Å². The Morgan fingerprint density at radius 2 is 1.76 bits per heavy atom. The third-order valence-electron chi connectivity index (χ3n) is 2.53. The van der Waals surface area contributed by atoms with Crippen LogP contribution in [0.1, 0.15) is 0 Å². The van der Waals surface area contributed by atoms with Gasteiger partial charge in [-0.2, -0.15) is 0 Å². The van der Waals surface area contributed by atoms with Gasteiger partial charge >= 0.3 is 5.69 Å². The molecule has 0 aliphatic rings. The maximum absolute atomic E-state index is 10.8. The molecule has 2 N–H and O–H groups in total. The molecule has 6 nitrogen and oxygen atoms in total. The molecule has 2 rings (SSSR count). The summed E-state index contributed by atoms with van der Waals surface area (Å²) in [5, 5.41) is 10.8. The van der Waals surface area contributed by atoms with Crippen LogP contribution >= 0.6 is 12.4 Å². The fourth-order valence-corrected chi connectivity index (χ4v) is 1.65. The topological polar surface area (TPSA) is 87.6 Å². The van der Waals surface area contributed by atoms with Gasteiger partial charge in [-0.3, -0.25) is 10.1 Å². The van der Waals surface area contributed by atoms with Crippen LogP contribution in [-0.4, -0.2) is 18.1 Å². The van der Waals surface area contributed by atoms with Crippen LogP contribution < -0.4 is 15.2 Å². The lowest BCUT2D eigenvalue weighted by Crippen LogP contribution is -2.10. The predicted octanol–water partition coefficient (Wildman–Crippen LogP) is 3.06. The molecular formula is C14H15ClN2O4. The first kappa shape index (κ1) is 16.6. The predicted molar refractivity (Wildman–Crippen MR) is 82.2 cm³/mol. The third kappa shape index (κ3) is 4.85. The summed E-state index contributed by atoms with van der Waals surface area (Å²) in [6, 6.07) is 13.2. The molecule has 0 aliphatic carbocycles. The molecule has 0 atom stereocenters. The molecular weight excluding hydrogens is 296 g/mol. The van der Waals surface area contributed by atoms with Crippen LogP contribution in [0.15, 0.2) is 48.5 Å². The minimum Gasteiger partial charge on any atom is -0.490 e. The molecule has 0 aromatic heterocycles. The van der Waals surface area contributed by atoms with Crippen molar-refractivity contribution < 1.29 is 14.4 Å². The summed E-state index contributed by atoms with van der Waals surface area (Å²) in [4.78, 5) is 10.3. The van der Waals surface area contributed by atoms with Crippen LogP contribution in [0, 0.1) is 10.1 Å². The third-order valence-corrected chi connectivity index (χ3v) is 2.53. The maximum atomic E-state index is 10.8. The number of nitro groups is 1. The van der Waals surface area contributed by atoms with E-state index in [2.05, 4.69) is 0 Å². The van der Waals surface area contributed by atoms with Crippen LogP contribution in [0.4, 0.5) is 11.4 Å². The summed E-state index contributed by atoms with van der Waals surface area (Å²) in [7, 11) is 0. The van der Waals surface area contributed by atoms with Crippen molar-refractivity contribution in [2.75, 3.05) is 18.9 Å². The average molecular weight is 311 g/mol. The lowest BCUT2D eigenvalue weighted by molar-refractivity contribution is -0.385. The molecule has 0 amide bonds. The number of para-hydroxylation sites is 2. The highest BCUT2D eigenvalue weighted by molar-refractivity contribution is 5.85. The van der Waals surface area contributed by atoms with Crippen LogP contribution in [0.3, 0.4) is 0 Å². The summed E-state index contributed by atoms with van der Waals surface area (Å²) in [6.07, 6.45) is 0. The number of ether oxygens (including phenoxy) is 2. The molecule has 112 valence electrons. The van der Waals surface area contributed by atoms with E-state index < -0.39 is 4.92 Å². The Morgan fingerprint density at radius 3 is 2.48 bits per heavy atom. The van der Waals surface area contributed by atoms with Crippen LogP contribution in [-0.2, 0) is 0 Å². The molecule has 0 radical (unpaired) electrons. The van der Waals surface area contributed by atoms with E-state index in [9.17, 15) is 10.1 Å². The smallest absolute Gasteiger partial charge is 0.310 e. The molecule has 0 bridgehead atoms. The van der Waals surface area contributed by atoms with E-state index in [0.29, 0.717) is 11.4 Å². The summed E-state index contributed by atoms with van der Waals surface area (Å²) >= 11 is 0. The second kappa shape index (κ2) is 7.96.